The van der Waals surface area contributed by atoms with Crippen LogP contribution in [0.4, 0.5) is 5.82 Å². The quantitative estimate of drug-likeness (QED) is 0.768. The number of pyridine rings is 1. The molecule has 0 unspecified atom stereocenters. The molecule has 3 heteroatoms. The van der Waals surface area contributed by atoms with Gasteiger partial charge in [0.1, 0.15) is 11.9 Å². The number of aromatic nitrogens is 1. The largest absolute Gasteiger partial charge is 0.369 e. The summed E-state index contributed by atoms with van der Waals surface area (Å²) in [6.45, 7) is 2.86. The van der Waals surface area contributed by atoms with Gasteiger partial charge in [0.15, 0.2) is 0 Å². The first-order valence-corrected chi connectivity index (χ1v) is 5.91. The van der Waals surface area contributed by atoms with Crippen molar-refractivity contribution in [1.29, 1.82) is 5.26 Å². The Bertz CT molecular complexity index is 402. The van der Waals surface area contributed by atoms with Crippen LogP contribution in [0.3, 0.4) is 0 Å². The summed E-state index contributed by atoms with van der Waals surface area (Å²) in [5.41, 5.74) is 1.66. The minimum Gasteiger partial charge on any atom is -0.369 e. The number of aryl methyl sites for hydroxylation is 1. The van der Waals surface area contributed by atoms with Gasteiger partial charge in [-0.05, 0) is 37.3 Å². The van der Waals surface area contributed by atoms with Gasteiger partial charge in [-0.3, -0.25) is 0 Å². The summed E-state index contributed by atoms with van der Waals surface area (Å²) in [6, 6.07) is 4.07. The van der Waals surface area contributed by atoms with E-state index in [-0.39, 0.29) is 0 Å². The second kappa shape index (κ2) is 4.98. The van der Waals surface area contributed by atoms with Crippen molar-refractivity contribution in [3.63, 3.8) is 0 Å². The Morgan fingerprint density at radius 3 is 3.06 bits per heavy atom. The lowest BCUT2D eigenvalue weighted by molar-refractivity contribution is 0.686. The Hall–Kier alpha value is -1.56. The first kappa shape index (κ1) is 10.9. The topological polar surface area (TPSA) is 48.7 Å². The van der Waals surface area contributed by atoms with Crippen LogP contribution in [0.25, 0.3) is 0 Å². The maximum absolute atomic E-state index is 9.02. The molecule has 1 aromatic rings. The van der Waals surface area contributed by atoms with Crippen LogP contribution < -0.4 is 5.32 Å². The number of nitrogens with zero attached hydrogens (tertiary/aromatic N) is 2. The van der Waals surface area contributed by atoms with Gasteiger partial charge >= 0.3 is 0 Å². The maximum atomic E-state index is 9.02. The van der Waals surface area contributed by atoms with E-state index >= 15 is 0 Å². The average Bonchev–Trinajstić information content (AvgIpc) is 3.08. The molecular weight excluding hydrogens is 198 g/mol. The first-order valence-electron chi connectivity index (χ1n) is 5.91. The summed E-state index contributed by atoms with van der Waals surface area (Å²) in [5, 5.41) is 12.3. The summed E-state index contributed by atoms with van der Waals surface area (Å²) in [7, 11) is 0. The second-order valence-corrected chi connectivity index (χ2v) is 4.48. The van der Waals surface area contributed by atoms with E-state index in [0.717, 1.165) is 23.8 Å². The van der Waals surface area contributed by atoms with Crippen molar-refractivity contribution in [2.75, 3.05) is 11.9 Å². The number of rotatable bonds is 5. The first-order chi connectivity index (χ1) is 7.81. The Morgan fingerprint density at radius 2 is 2.38 bits per heavy atom. The van der Waals surface area contributed by atoms with Crippen molar-refractivity contribution < 1.29 is 0 Å². The fourth-order valence-electron chi connectivity index (χ4n) is 1.84. The lowest BCUT2D eigenvalue weighted by Crippen LogP contribution is -2.06. The smallest absolute Gasteiger partial charge is 0.144 e. The maximum Gasteiger partial charge on any atom is 0.144 e. The third kappa shape index (κ3) is 2.73. The highest BCUT2D eigenvalue weighted by molar-refractivity contribution is 5.55. The van der Waals surface area contributed by atoms with Gasteiger partial charge < -0.3 is 5.32 Å². The molecule has 0 aliphatic heterocycles. The minimum absolute atomic E-state index is 0.675. The molecule has 1 aromatic heterocycles. The van der Waals surface area contributed by atoms with E-state index in [1.54, 1.807) is 6.20 Å². The van der Waals surface area contributed by atoms with E-state index < -0.39 is 0 Å². The lowest BCUT2D eigenvalue weighted by atomic mass is 10.1. The van der Waals surface area contributed by atoms with E-state index in [4.69, 9.17) is 5.26 Å². The van der Waals surface area contributed by atoms with Gasteiger partial charge in [-0.1, -0.05) is 12.8 Å². The van der Waals surface area contributed by atoms with Gasteiger partial charge in [0.25, 0.3) is 0 Å². The standard InChI is InChI=1S/C13H17N3/c1-10-6-8-16-13(12(10)9-14)15-7-2-3-11-4-5-11/h6,8,11H,2-5,7H2,1H3,(H,15,16). The molecule has 1 fully saturated rings. The molecule has 0 atom stereocenters. The van der Waals surface area contributed by atoms with Crippen LogP contribution in [0.2, 0.25) is 0 Å². The van der Waals surface area contributed by atoms with Crippen LogP contribution in [-0.4, -0.2) is 11.5 Å². The highest BCUT2D eigenvalue weighted by atomic mass is 15.0. The third-order valence-electron chi connectivity index (χ3n) is 3.05. The Balaban J connectivity index is 1.87. The van der Waals surface area contributed by atoms with Gasteiger partial charge in [-0.25, -0.2) is 4.98 Å². The predicted octanol–water partition coefficient (Wildman–Crippen LogP) is 2.86. The van der Waals surface area contributed by atoms with E-state index in [1.807, 2.05) is 13.0 Å². The molecular formula is C13H17N3. The summed E-state index contributed by atoms with van der Waals surface area (Å²) >= 11 is 0. The molecule has 16 heavy (non-hydrogen) atoms. The summed E-state index contributed by atoms with van der Waals surface area (Å²) in [5.74, 6) is 1.71. The molecule has 1 heterocycles. The van der Waals surface area contributed by atoms with E-state index in [9.17, 15) is 0 Å². The van der Waals surface area contributed by atoms with Crippen molar-refractivity contribution in [2.24, 2.45) is 5.92 Å². The van der Waals surface area contributed by atoms with Crippen LogP contribution in [-0.2, 0) is 0 Å². The van der Waals surface area contributed by atoms with E-state index in [1.165, 1.54) is 25.7 Å². The zero-order valence-electron chi connectivity index (χ0n) is 9.66. The van der Waals surface area contributed by atoms with Crippen LogP contribution >= 0.6 is 0 Å². The van der Waals surface area contributed by atoms with Crippen molar-refractivity contribution >= 4 is 5.82 Å². The zero-order valence-corrected chi connectivity index (χ0v) is 9.66. The molecule has 1 N–H and O–H groups in total. The Morgan fingerprint density at radius 1 is 1.56 bits per heavy atom. The van der Waals surface area contributed by atoms with Gasteiger partial charge in [0, 0.05) is 12.7 Å². The molecule has 1 aliphatic rings. The van der Waals surface area contributed by atoms with Gasteiger partial charge in [0.05, 0.1) is 5.56 Å². The van der Waals surface area contributed by atoms with Crippen LogP contribution in [0.5, 0.6) is 0 Å². The molecule has 0 spiro atoms. The zero-order chi connectivity index (χ0) is 11.4. The van der Waals surface area contributed by atoms with Gasteiger partial charge in [0.2, 0.25) is 0 Å². The SMILES string of the molecule is Cc1ccnc(NCCCC2CC2)c1C#N. The molecule has 84 valence electrons. The number of nitriles is 1. The summed E-state index contributed by atoms with van der Waals surface area (Å²) in [6.07, 6.45) is 7.05. The number of hydrogen-bond donors (Lipinski definition) is 1. The monoisotopic (exact) mass is 215 g/mol. The summed E-state index contributed by atoms with van der Waals surface area (Å²) in [4.78, 5) is 4.21. The second-order valence-electron chi connectivity index (χ2n) is 4.48. The molecule has 1 aliphatic carbocycles. The van der Waals surface area contributed by atoms with Crippen molar-refractivity contribution in [1.82, 2.24) is 4.98 Å². The molecule has 0 bridgehead atoms. The predicted molar refractivity (Wildman–Crippen MR) is 64.1 cm³/mol. The van der Waals surface area contributed by atoms with Crippen LogP contribution in [0, 0.1) is 24.2 Å². The molecule has 0 saturated heterocycles. The van der Waals surface area contributed by atoms with Crippen LogP contribution in [0.1, 0.15) is 36.8 Å². The Kier molecular flexibility index (Phi) is 3.40. The molecule has 1 saturated carbocycles. The highest BCUT2D eigenvalue weighted by Crippen LogP contribution is 2.33. The van der Waals surface area contributed by atoms with Crippen molar-refractivity contribution in [2.45, 2.75) is 32.6 Å². The molecule has 0 amide bonds. The third-order valence-corrected chi connectivity index (χ3v) is 3.05. The van der Waals surface area contributed by atoms with Gasteiger partial charge in [-0.2, -0.15) is 5.26 Å². The van der Waals surface area contributed by atoms with Crippen molar-refractivity contribution in [3.05, 3.63) is 23.4 Å². The molecule has 0 aromatic carbocycles. The minimum atomic E-state index is 0.675. The van der Waals surface area contributed by atoms with Crippen LogP contribution in [0.15, 0.2) is 12.3 Å². The Labute approximate surface area is 96.5 Å². The normalized spacial score (nSPS) is 14.5. The fraction of sp³-hybridized carbons (Fsp3) is 0.538. The van der Waals surface area contributed by atoms with Crippen molar-refractivity contribution in [3.8, 4) is 6.07 Å². The number of anilines is 1. The van der Waals surface area contributed by atoms with E-state index in [0.29, 0.717) is 5.56 Å². The average molecular weight is 215 g/mol. The fourth-order valence-corrected chi connectivity index (χ4v) is 1.84. The molecule has 0 radical (unpaired) electrons. The summed E-state index contributed by atoms with van der Waals surface area (Å²) < 4.78 is 0. The highest BCUT2D eigenvalue weighted by Gasteiger charge is 2.20. The van der Waals surface area contributed by atoms with E-state index in [2.05, 4.69) is 16.4 Å². The lowest BCUT2D eigenvalue weighted by Gasteiger charge is -2.08. The number of nitrogens with one attached hydrogen (secondary N) is 1. The van der Waals surface area contributed by atoms with Gasteiger partial charge in [-0.15, -0.1) is 0 Å². The number of hydrogen-bond acceptors (Lipinski definition) is 3. The molecule has 2 rings (SSSR count). The molecule has 3 nitrogen and oxygen atoms in total.